The Bertz CT molecular complexity index is 785. The largest absolute Gasteiger partial charge is 0.357 e. The highest BCUT2D eigenvalue weighted by Crippen LogP contribution is 2.21. The van der Waals surface area contributed by atoms with Crippen molar-refractivity contribution in [3.05, 3.63) is 35.8 Å². The Morgan fingerprint density at radius 2 is 1.90 bits per heavy atom. The second-order valence-corrected chi connectivity index (χ2v) is 7.94. The van der Waals surface area contributed by atoms with Gasteiger partial charge in [-0.05, 0) is 56.3 Å². The highest BCUT2D eigenvalue weighted by atomic mass is 35.5. The first kappa shape index (κ1) is 24.4. The molecule has 0 saturated carbocycles. The number of hydrogen-bond donors (Lipinski definition) is 2. The van der Waals surface area contributed by atoms with Gasteiger partial charge in [-0.2, -0.15) is 0 Å². The van der Waals surface area contributed by atoms with E-state index in [2.05, 4.69) is 37.8 Å². The first-order valence-electron chi connectivity index (χ1n) is 10.3. The van der Waals surface area contributed by atoms with Gasteiger partial charge in [-0.3, -0.25) is 4.79 Å². The normalized spacial score (nSPS) is 17.7. The Morgan fingerprint density at radius 3 is 2.57 bits per heavy atom. The topological polar surface area (TPSA) is 88.0 Å². The van der Waals surface area contributed by atoms with Gasteiger partial charge in [0.1, 0.15) is 5.82 Å². The Kier molecular flexibility index (Phi) is 9.33. The molecule has 2 fully saturated rings. The van der Waals surface area contributed by atoms with Crippen LogP contribution in [0.5, 0.6) is 0 Å². The van der Waals surface area contributed by atoms with Crippen LogP contribution in [0.3, 0.4) is 0 Å². The minimum Gasteiger partial charge on any atom is -0.357 e. The highest BCUT2D eigenvalue weighted by Gasteiger charge is 2.19. The lowest BCUT2D eigenvalue weighted by Gasteiger charge is -2.31. The van der Waals surface area contributed by atoms with E-state index in [0.717, 1.165) is 56.3 Å². The SMILES string of the molecule is CC1CCN(c2ccc(CNC(=O)c3cn(C4CCNCC4)nn3)cn2)CC1.Cl.Cl. The number of hydrogen-bond acceptors (Lipinski definition) is 6. The van der Waals surface area contributed by atoms with E-state index in [-0.39, 0.29) is 30.7 Å². The molecule has 1 amide bonds. The van der Waals surface area contributed by atoms with Gasteiger partial charge in [-0.25, -0.2) is 9.67 Å². The number of anilines is 1. The smallest absolute Gasteiger partial charge is 0.273 e. The summed E-state index contributed by atoms with van der Waals surface area (Å²) in [5.41, 5.74) is 1.35. The van der Waals surface area contributed by atoms with Crippen LogP contribution >= 0.6 is 24.8 Å². The van der Waals surface area contributed by atoms with E-state index in [4.69, 9.17) is 0 Å². The van der Waals surface area contributed by atoms with Gasteiger partial charge in [0.2, 0.25) is 0 Å². The maximum absolute atomic E-state index is 12.4. The fourth-order valence-electron chi connectivity index (χ4n) is 3.85. The fourth-order valence-corrected chi connectivity index (χ4v) is 3.85. The number of halogens is 2. The molecule has 2 aromatic heterocycles. The predicted octanol–water partition coefficient (Wildman–Crippen LogP) is 2.61. The molecule has 2 N–H and O–H groups in total. The maximum atomic E-state index is 12.4. The lowest BCUT2D eigenvalue weighted by atomic mass is 9.99. The van der Waals surface area contributed by atoms with Crippen LogP contribution < -0.4 is 15.5 Å². The van der Waals surface area contributed by atoms with Crippen LogP contribution in [0.1, 0.15) is 54.7 Å². The van der Waals surface area contributed by atoms with E-state index in [1.165, 1.54) is 12.8 Å². The summed E-state index contributed by atoms with van der Waals surface area (Å²) in [6, 6.07) is 4.40. The molecule has 0 radical (unpaired) electrons. The number of amides is 1. The molecule has 0 bridgehead atoms. The predicted molar refractivity (Wildman–Crippen MR) is 122 cm³/mol. The average Bonchev–Trinajstić information content (AvgIpc) is 3.24. The summed E-state index contributed by atoms with van der Waals surface area (Å²) in [4.78, 5) is 19.3. The summed E-state index contributed by atoms with van der Waals surface area (Å²) in [5.74, 6) is 1.62. The first-order valence-corrected chi connectivity index (χ1v) is 10.3. The molecule has 2 aliphatic heterocycles. The van der Waals surface area contributed by atoms with Gasteiger partial charge in [-0.15, -0.1) is 29.9 Å². The first-order chi connectivity index (χ1) is 13.7. The van der Waals surface area contributed by atoms with Gasteiger partial charge in [-0.1, -0.05) is 18.2 Å². The summed E-state index contributed by atoms with van der Waals surface area (Å²) in [6.45, 7) is 6.83. The minimum atomic E-state index is -0.200. The van der Waals surface area contributed by atoms with E-state index in [0.29, 0.717) is 18.3 Å². The Labute approximate surface area is 190 Å². The van der Waals surface area contributed by atoms with Crippen molar-refractivity contribution in [2.45, 2.75) is 45.2 Å². The molecular formula is C20H31Cl2N7O. The van der Waals surface area contributed by atoms with Crippen molar-refractivity contribution < 1.29 is 4.79 Å². The van der Waals surface area contributed by atoms with E-state index < -0.39 is 0 Å². The van der Waals surface area contributed by atoms with Crippen molar-refractivity contribution in [3.63, 3.8) is 0 Å². The molecule has 0 atom stereocenters. The number of rotatable bonds is 5. The maximum Gasteiger partial charge on any atom is 0.273 e. The zero-order valence-corrected chi connectivity index (χ0v) is 18.9. The molecule has 0 aromatic carbocycles. The van der Waals surface area contributed by atoms with Gasteiger partial charge < -0.3 is 15.5 Å². The van der Waals surface area contributed by atoms with Crippen LogP contribution in [0.15, 0.2) is 24.5 Å². The molecule has 2 saturated heterocycles. The van der Waals surface area contributed by atoms with Crippen molar-refractivity contribution >= 4 is 36.5 Å². The van der Waals surface area contributed by atoms with Crippen molar-refractivity contribution in [2.24, 2.45) is 5.92 Å². The van der Waals surface area contributed by atoms with Crippen molar-refractivity contribution in [2.75, 3.05) is 31.1 Å². The number of pyridine rings is 1. The average molecular weight is 456 g/mol. The van der Waals surface area contributed by atoms with E-state index in [1.54, 1.807) is 6.20 Å². The molecule has 0 spiro atoms. The molecule has 2 aromatic rings. The Hall–Kier alpha value is -1.90. The number of piperidine rings is 2. The van der Waals surface area contributed by atoms with Crippen LogP contribution in [0.25, 0.3) is 0 Å². The summed E-state index contributed by atoms with van der Waals surface area (Å²) in [7, 11) is 0. The lowest BCUT2D eigenvalue weighted by Crippen LogP contribution is -2.33. The number of nitrogens with zero attached hydrogens (tertiary/aromatic N) is 5. The summed E-state index contributed by atoms with van der Waals surface area (Å²) in [5, 5.41) is 14.4. The molecular weight excluding hydrogens is 425 g/mol. The standard InChI is InChI=1S/C20H29N7O.2ClH/c1-15-6-10-26(11-7-15)19-3-2-16(12-22-19)13-23-20(28)18-14-27(25-24-18)17-4-8-21-9-5-17;;/h2-3,12,14-15,17,21H,4-11,13H2,1H3,(H,23,28);2*1H. The highest BCUT2D eigenvalue weighted by molar-refractivity contribution is 5.91. The zero-order chi connectivity index (χ0) is 19.3. The number of aromatic nitrogens is 4. The second kappa shape index (κ2) is 11.5. The van der Waals surface area contributed by atoms with E-state index in [1.807, 2.05) is 23.0 Å². The molecule has 166 valence electrons. The van der Waals surface area contributed by atoms with Crippen molar-refractivity contribution in [1.82, 2.24) is 30.6 Å². The van der Waals surface area contributed by atoms with Crippen LogP contribution in [0.4, 0.5) is 5.82 Å². The molecule has 10 heteroatoms. The number of carbonyl (C=O) groups excluding carboxylic acids is 1. The van der Waals surface area contributed by atoms with Gasteiger partial charge in [0.15, 0.2) is 5.69 Å². The Balaban J connectivity index is 0.00000160. The van der Waals surface area contributed by atoms with E-state index >= 15 is 0 Å². The zero-order valence-electron chi connectivity index (χ0n) is 17.3. The molecule has 4 rings (SSSR count). The minimum absolute atomic E-state index is 0. The summed E-state index contributed by atoms with van der Waals surface area (Å²) < 4.78 is 1.82. The monoisotopic (exact) mass is 455 g/mol. The van der Waals surface area contributed by atoms with Crippen LogP contribution in [-0.4, -0.2) is 52.1 Å². The lowest BCUT2D eigenvalue weighted by molar-refractivity contribution is 0.0945. The molecule has 0 unspecified atom stereocenters. The van der Waals surface area contributed by atoms with Gasteiger partial charge in [0.25, 0.3) is 5.91 Å². The third-order valence-corrected chi connectivity index (χ3v) is 5.80. The van der Waals surface area contributed by atoms with Gasteiger partial charge in [0, 0.05) is 25.8 Å². The molecule has 4 heterocycles. The van der Waals surface area contributed by atoms with Crippen molar-refractivity contribution in [1.29, 1.82) is 0 Å². The third-order valence-electron chi connectivity index (χ3n) is 5.80. The molecule has 8 nitrogen and oxygen atoms in total. The summed E-state index contributed by atoms with van der Waals surface area (Å²) >= 11 is 0. The fraction of sp³-hybridized carbons (Fsp3) is 0.600. The van der Waals surface area contributed by atoms with Crippen LogP contribution in [0.2, 0.25) is 0 Å². The third kappa shape index (κ3) is 6.06. The van der Waals surface area contributed by atoms with E-state index in [9.17, 15) is 4.79 Å². The van der Waals surface area contributed by atoms with Gasteiger partial charge in [0.05, 0.1) is 12.2 Å². The Morgan fingerprint density at radius 1 is 1.17 bits per heavy atom. The van der Waals surface area contributed by atoms with Crippen LogP contribution in [-0.2, 0) is 6.54 Å². The van der Waals surface area contributed by atoms with Crippen molar-refractivity contribution in [3.8, 4) is 0 Å². The molecule has 2 aliphatic rings. The van der Waals surface area contributed by atoms with Crippen LogP contribution in [0, 0.1) is 5.92 Å². The molecule has 30 heavy (non-hydrogen) atoms. The quantitative estimate of drug-likeness (QED) is 0.719. The number of carbonyl (C=O) groups is 1. The van der Waals surface area contributed by atoms with Gasteiger partial charge >= 0.3 is 0 Å². The second-order valence-electron chi connectivity index (χ2n) is 7.94. The number of nitrogens with one attached hydrogen (secondary N) is 2. The summed E-state index contributed by atoms with van der Waals surface area (Å²) in [6.07, 6.45) is 8.06. The molecule has 0 aliphatic carbocycles.